The Hall–Kier alpha value is -1.71. The standard InChI is InChI=1S/C12H17N3O5S/c1-8-4-9(13)7-14(6-8)21(19,20)10-2-3-12(16)11(5-10)15(17)18/h2-3,5,8-9,16H,4,6-7,13H2,1H3. The van der Waals surface area contributed by atoms with Gasteiger partial charge in [-0.15, -0.1) is 0 Å². The van der Waals surface area contributed by atoms with E-state index in [1.165, 1.54) is 4.31 Å². The van der Waals surface area contributed by atoms with Crippen molar-refractivity contribution in [2.45, 2.75) is 24.3 Å². The lowest BCUT2D eigenvalue weighted by Gasteiger charge is -2.33. The molecule has 116 valence electrons. The number of aromatic hydroxyl groups is 1. The minimum Gasteiger partial charge on any atom is -0.502 e. The Bertz CT molecular complexity index is 651. The Kier molecular flexibility index (Phi) is 4.17. The van der Waals surface area contributed by atoms with Crippen molar-refractivity contribution in [3.05, 3.63) is 28.3 Å². The average Bonchev–Trinajstić information content (AvgIpc) is 2.37. The van der Waals surface area contributed by atoms with Gasteiger partial charge in [-0.1, -0.05) is 6.92 Å². The maximum atomic E-state index is 12.5. The largest absolute Gasteiger partial charge is 0.502 e. The van der Waals surface area contributed by atoms with Crippen LogP contribution in [0.25, 0.3) is 0 Å². The number of nitro groups is 1. The van der Waals surface area contributed by atoms with E-state index in [-0.39, 0.29) is 23.4 Å². The summed E-state index contributed by atoms with van der Waals surface area (Å²) in [5.41, 5.74) is 5.20. The van der Waals surface area contributed by atoms with E-state index >= 15 is 0 Å². The number of phenolic OH excluding ortho intramolecular Hbond substituents is 1. The number of hydrogen-bond acceptors (Lipinski definition) is 6. The first-order chi connectivity index (χ1) is 9.71. The number of benzene rings is 1. The van der Waals surface area contributed by atoms with E-state index in [0.717, 1.165) is 24.6 Å². The molecule has 0 spiro atoms. The molecule has 1 aromatic carbocycles. The Labute approximate surface area is 122 Å². The Balaban J connectivity index is 2.40. The molecule has 2 atom stereocenters. The van der Waals surface area contributed by atoms with Gasteiger partial charge in [0.05, 0.1) is 9.82 Å². The van der Waals surface area contributed by atoms with Crippen molar-refractivity contribution >= 4 is 15.7 Å². The van der Waals surface area contributed by atoms with Gasteiger partial charge < -0.3 is 10.8 Å². The zero-order valence-electron chi connectivity index (χ0n) is 11.5. The van der Waals surface area contributed by atoms with Crippen molar-refractivity contribution in [3.63, 3.8) is 0 Å². The second-order valence-corrected chi connectivity index (χ2v) is 7.27. The molecule has 2 rings (SSSR count). The summed E-state index contributed by atoms with van der Waals surface area (Å²) in [6.45, 7) is 2.41. The van der Waals surface area contributed by atoms with Gasteiger partial charge >= 0.3 is 5.69 Å². The Morgan fingerprint density at radius 3 is 2.67 bits per heavy atom. The van der Waals surface area contributed by atoms with E-state index in [0.29, 0.717) is 6.54 Å². The number of hydrogen-bond donors (Lipinski definition) is 2. The predicted octanol–water partition coefficient (Wildman–Crippen LogP) is 0.658. The first-order valence-electron chi connectivity index (χ1n) is 6.45. The lowest BCUT2D eigenvalue weighted by atomic mass is 9.99. The smallest absolute Gasteiger partial charge is 0.312 e. The number of phenols is 1. The molecule has 3 N–H and O–H groups in total. The van der Waals surface area contributed by atoms with Crippen LogP contribution in [0.2, 0.25) is 0 Å². The highest BCUT2D eigenvalue weighted by molar-refractivity contribution is 7.89. The van der Waals surface area contributed by atoms with Crippen molar-refractivity contribution in [2.75, 3.05) is 13.1 Å². The molecule has 0 bridgehead atoms. The molecular weight excluding hydrogens is 298 g/mol. The third-order valence-corrected chi connectivity index (χ3v) is 5.27. The molecule has 1 aliphatic rings. The quantitative estimate of drug-likeness (QED) is 0.623. The summed E-state index contributed by atoms with van der Waals surface area (Å²) in [4.78, 5) is 9.76. The van der Waals surface area contributed by atoms with Gasteiger partial charge in [-0.25, -0.2) is 8.42 Å². The molecular formula is C12H17N3O5S. The summed E-state index contributed by atoms with van der Waals surface area (Å²) in [7, 11) is -3.86. The normalized spacial score (nSPS) is 23.9. The van der Waals surface area contributed by atoms with Crippen LogP contribution in [0.15, 0.2) is 23.1 Å². The number of rotatable bonds is 3. The number of piperidine rings is 1. The van der Waals surface area contributed by atoms with Crippen LogP contribution < -0.4 is 5.73 Å². The SMILES string of the molecule is CC1CC(N)CN(S(=O)(=O)c2ccc(O)c([N+](=O)[O-])c2)C1. The maximum absolute atomic E-state index is 12.5. The number of nitrogens with zero attached hydrogens (tertiary/aromatic N) is 2. The highest BCUT2D eigenvalue weighted by atomic mass is 32.2. The fourth-order valence-electron chi connectivity index (χ4n) is 2.50. The van der Waals surface area contributed by atoms with Crippen molar-refractivity contribution in [2.24, 2.45) is 11.7 Å². The van der Waals surface area contributed by atoms with Gasteiger partial charge in [-0.2, -0.15) is 4.31 Å². The van der Waals surface area contributed by atoms with Gasteiger partial charge in [0.25, 0.3) is 0 Å². The minimum atomic E-state index is -3.86. The molecule has 1 heterocycles. The van der Waals surface area contributed by atoms with Gasteiger partial charge in [0.2, 0.25) is 10.0 Å². The third kappa shape index (κ3) is 3.14. The highest BCUT2D eigenvalue weighted by Crippen LogP contribution is 2.30. The Morgan fingerprint density at radius 1 is 1.43 bits per heavy atom. The second-order valence-electron chi connectivity index (χ2n) is 5.33. The number of nitro benzene ring substituents is 1. The van der Waals surface area contributed by atoms with Gasteiger partial charge in [0.1, 0.15) is 0 Å². The van der Waals surface area contributed by atoms with Crippen LogP contribution in [0.1, 0.15) is 13.3 Å². The zero-order chi connectivity index (χ0) is 15.8. The average molecular weight is 315 g/mol. The molecule has 0 aromatic heterocycles. The predicted molar refractivity (Wildman–Crippen MR) is 75.3 cm³/mol. The number of sulfonamides is 1. The Morgan fingerprint density at radius 2 is 2.10 bits per heavy atom. The molecule has 0 aliphatic carbocycles. The topological polar surface area (TPSA) is 127 Å². The molecule has 1 aromatic rings. The molecule has 2 unspecified atom stereocenters. The van der Waals surface area contributed by atoms with Crippen molar-refractivity contribution in [1.29, 1.82) is 0 Å². The van der Waals surface area contributed by atoms with E-state index in [1.807, 2.05) is 6.92 Å². The molecule has 0 amide bonds. The molecule has 0 saturated carbocycles. The van der Waals surface area contributed by atoms with Crippen LogP contribution >= 0.6 is 0 Å². The lowest BCUT2D eigenvalue weighted by molar-refractivity contribution is -0.386. The molecule has 1 saturated heterocycles. The van der Waals surface area contributed by atoms with E-state index in [4.69, 9.17) is 5.73 Å². The van der Waals surface area contributed by atoms with Gasteiger partial charge in [0.15, 0.2) is 5.75 Å². The monoisotopic (exact) mass is 315 g/mol. The summed E-state index contributed by atoms with van der Waals surface area (Å²) in [5.74, 6) is -0.446. The molecule has 9 heteroatoms. The van der Waals surface area contributed by atoms with Crippen LogP contribution in [0.5, 0.6) is 5.75 Å². The minimum absolute atomic E-state index is 0.121. The fourth-order valence-corrected chi connectivity index (χ4v) is 4.14. The van der Waals surface area contributed by atoms with Crippen molar-refractivity contribution in [3.8, 4) is 5.75 Å². The molecule has 0 radical (unpaired) electrons. The summed E-state index contributed by atoms with van der Waals surface area (Å²) < 4.78 is 26.3. The summed E-state index contributed by atoms with van der Waals surface area (Å²) >= 11 is 0. The van der Waals surface area contributed by atoms with Gasteiger partial charge in [-0.3, -0.25) is 10.1 Å². The molecule has 1 fully saturated rings. The van der Waals surface area contributed by atoms with E-state index in [9.17, 15) is 23.6 Å². The third-order valence-electron chi connectivity index (χ3n) is 3.44. The molecule has 8 nitrogen and oxygen atoms in total. The fraction of sp³-hybridized carbons (Fsp3) is 0.500. The van der Waals surface area contributed by atoms with Crippen LogP contribution in [0.4, 0.5) is 5.69 Å². The first kappa shape index (κ1) is 15.7. The summed E-state index contributed by atoms with van der Waals surface area (Å²) in [6, 6.07) is 2.78. The van der Waals surface area contributed by atoms with Crippen LogP contribution in [0, 0.1) is 16.0 Å². The van der Waals surface area contributed by atoms with Crippen molar-refractivity contribution in [1.82, 2.24) is 4.31 Å². The molecule has 21 heavy (non-hydrogen) atoms. The van der Waals surface area contributed by atoms with Gasteiger partial charge in [0, 0.05) is 25.2 Å². The number of nitrogens with two attached hydrogens (primary N) is 1. The van der Waals surface area contributed by atoms with Gasteiger partial charge in [-0.05, 0) is 24.5 Å². The van der Waals surface area contributed by atoms with Crippen LogP contribution in [-0.2, 0) is 10.0 Å². The summed E-state index contributed by atoms with van der Waals surface area (Å²) in [6.07, 6.45) is 0.738. The summed E-state index contributed by atoms with van der Waals surface area (Å²) in [5, 5.41) is 20.2. The van der Waals surface area contributed by atoms with E-state index < -0.39 is 26.4 Å². The van der Waals surface area contributed by atoms with Crippen molar-refractivity contribution < 1.29 is 18.4 Å². The lowest BCUT2D eigenvalue weighted by Crippen LogP contribution is -2.48. The first-order valence-corrected chi connectivity index (χ1v) is 7.89. The van der Waals surface area contributed by atoms with Crippen LogP contribution in [-0.4, -0.2) is 41.9 Å². The van der Waals surface area contributed by atoms with E-state index in [2.05, 4.69) is 0 Å². The van der Waals surface area contributed by atoms with Crippen LogP contribution in [0.3, 0.4) is 0 Å². The maximum Gasteiger partial charge on any atom is 0.312 e. The zero-order valence-corrected chi connectivity index (χ0v) is 12.3. The second kappa shape index (κ2) is 5.58. The van der Waals surface area contributed by atoms with E-state index in [1.54, 1.807) is 0 Å². The molecule has 1 aliphatic heterocycles. The highest BCUT2D eigenvalue weighted by Gasteiger charge is 2.33.